The van der Waals surface area contributed by atoms with Crippen LogP contribution in [-0.4, -0.2) is 91.9 Å². The maximum absolute atomic E-state index is 12.7. The molecule has 0 heterocycles. The molecule has 0 radical (unpaired) electrons. The third-order valence-electron chi connectivity index (χ3n) is 5.09. The number of carboxylic acid groups (broad SMARTS) is 3. The van der Waals surface area contributed by atoms with Crippen molar-refractivity contribution in [3.05, 3.63) is 29.8 Å². The van der Waals surface area contributed by atoms with Crippen molar-refractivity contribution in [2.24, 2.45) is 5.73 Å². The summed E-state index contributed by atoms with van der Waals surface area (Å²) in [7, 11) is 0. The highest BCUT2D eigenvalue weighted by Gasteiger charge is 2.30. The summed E-state index contributed by atoms with van der Waals surface area (Å²) in [4.78, 5) is 70.7. The van der Waals surface area contributed by atoms with E-state index in [-0.39, 0.29) is 12.2 Å². The topological polar surface area (TPSA) is 266 Å². The molecule has 0 fully saturated rings. The number of rotatable bonds is 16. The highest BCUT2D eigenvalue weighted by Crippen LogP contribution is 2.11. The lowest BCUT2D eigenvalue weighted by Crippen LogP contribution is -2.58. The van der Waals surface area contributed by atoms with Gasteiger partial charge in [-0.2, -0.15) is 0 Å². The van der Waals surface area contributed by atoms with Crippen molar-refractivity contribution < 1.29 is 54.3 Å². The van der Waals surface area contributed by atoms with E-state index in [1.807, 2.05) is 5.32 Å². The summed E-state index contributed by atoms with van der Waals surface area (Å²) >= 11 is 0. The maximum atomic E-state index is 12.7. The minimum atomic E-state index is -1.69. The molecule has 4 unspecified atom stereocenters. The number of phenolic OH excluding ortho intramolecular Hbond substituents is 1. The molecule has 0 saturated heterocycles. The van der Waals surface area contributed by atoms with Crippen molar-refractivity contribution in [3.63, 3.8) is 0 Å². The Kier molecular flexibility index (Phi) is 12.5. The Hall–Kier alpha value is -4.24. The number of carbonyl (C=O) groups excluding carboxylic acids is 3. The highest BCUT2D eigenvalue weighted by molar-refractivity contribution is 5.94. The summed E-state index contributed by atoms with van der Waals surface area (Å²) < 4.78 is 0. The smallest absolute Gasteiger partial charge is 0.326 e. The Labute approximate surface area is 210 Å². The van der Waals surface area contributed by atoms with E-state index < -0.39 is 92.1 Å². The zero-order valence-electron chi connectivity index (χ0n) is 19.6. The molecule has 0 aliphatic carbocycles. The second-order valence-corrected chi connectivity index (χ2v) is 8.05. The molecule has 15 heteroatoms. The fraction of sp³-hybridized carbons (Fsp3) is 0.455. The molecule has 0 aromatic heterocycles. The van der Waals surface area contributed by atoms with Gasteiger partial charge in [-0.15, -0.1) is 0 Å². The summed E-state index contributed by atoms with van der Waals surface area (Å²) in [5.74, 6) is -7.10. The van der Waals surface area contributed by atoms with Crippen LogP contribution in [0.4, 0.5) is 0 Å². The van der Waals surface area contributed by atoms with Crippen LogP contribution in [0.15, 0.2) is 24.3 Å². The van der Waals surface area contributed by atoms with E-state index in [9.17, 15) is 39.0 Å². The monoisotopic (exact) mass is 526 g/mol. The first-order valence-corrected chi connectivity index (χ1v) is 11.1. The van der Waals surface area contributed by atoms with Crippen LogP contribution in [0.25, 0.3) is 0 Å². The number of nitrogens with two attached hydrogens (primary N) is 1. The van der Waals surface area contributed by atoms with E-state index in [2.05, 4.69) is 10.6 Å². The molecule has 0 saturated carbocycles. The number of amides is 3. The first-order chi connectivity index (χ1) is 17.3. The number of aliphatic hydroxyl groups excluding tert-OH is 1. The van der Waals surface area contributed by atoms with Gasteiger partial charge in [0.1, 0.15) is 23.9 Å². The lowest BCUT2D eigenvalue weighted by molar-refractivity contribution is -0.143. The van der Waals surface area contributed by atoms with Crippen LogP contribution < -0.4 is 21.7 Å². The zero-order valence-corrected chi connectivity index (χ0v) is 19.6. The molecule has 0 aliphatic heterocycles. The SMILES string of the molecule is NC(Cc1ccc(O)cc1)C(=O)NC(CCC(=O)O)C(=O)NC(CO)C(=O)NC(CCC(=O)O)C(=O)O. The summed E-state index contributed by atoms with van der Waals surface area (Å²) in [5, 5.41) is 52.1. The van der Waals surface area contributed by atoms with Crippen LogP contribution in [-0.2, 0) is 35.2 Å². The third-order valence-corrected chi connectivity index (χ3v) is 5.09. The summed E-state index contributed by atoms with van der Waals surface area (Å²) in [6.45, 7) is -0.983. The lowest BCUT2D eigenvalue weighted by Gasteiger charge is -2.24. The number of nitrogens with one attached hydrogen (secondary N) is 3. The van der Waals surface area contributed by atoms with Crippen LogP contribution >= 0.6 is 0 Å². The van der Waals surface area contributed by atoms with E-state index >= 15 is 0 Å². The standard InChI is InChI=1S/C22H30N4O11/c23-13(9-11-1-3-12(28)4-2-11)19(33)24-14(5-7-17(29)30)20(34)26-16(10-27)21(35)25-15(22(36)37)6-8-18(31)32/h1-4,13-16,27-28H,5-10,23H2,(H,24,33)(H,25,35)(H,26,34)(H,29,30)(H,31,32)(H,36,37). The molecule has 10 N–H and O–H groups in total. The largest absolute Gasteiger partial charge is 0.508 e. The third kappa shape index (κ3) is 11.4. The van der Waals surface area contributed by atoms with Gasteiger partial charge in [0, 0.05) is 12.8 Å². The molecule has 0 bridgehead atoms. The highest BCUT2D eigenvalue weighted by atomic mass is 16.4. The van der Waals surface area contributed by atoms with Crippen LogP contribution in [0.5, 0.6) is 5.75 Å². The minimum Gasteiger partial charge on any atom is -0.508 e. The fourth-order valence-corrected chi connectivity index (χ4v) is 3.06. The number of aliphatic carboxylic acids is 3. The number of aliphatic hydroxyl groups is 1. The van der Waals surface area contributed by atoms with Crippen LogP contribution in [0.3, 0.4) is 0 Å². The predicted molar refractivity (Wildman–Crippen MR) is 124 cm³/mol. The van der Waals surface area contributed by atoms with Crippen molar-refractivity contribution in [2.75, 3.05) is 6.61 Å². The van der Waals surface area contributed by atoms with Crippen molar-refractivity contribution in [1.82, 2.24) is 16.0 Å². The Balaban J connectivity index is 2.88. The minimum absolute atomic E-state index is 0.00575. The molecule has 1 aromatic rings. The zero-order chi connectivity index (χ0) is 28.1. The number of hydrogen-bond acceptors (Lipinski definition) is 9. The number of hydrogen-bond donors (Lipinski definition) is 9. The molecule has 0 aliphatic rings. The van der Waals surface area contributed by atoms with Gasteiger partial charge in [0.15, 0.2) is 0 Å². The van der Waals surface area contributed by atoms with Crippen molar-refractivity contribution >= 4 is 35.6 Å². The molecular formula is C22H30N4O11. The first-order valence-electron chi connectivity index (χ1n) is 11.1. The van der Waals surface area contributed by atoms with E-state index in [4.69, 9.17) is 21.1 Å². The molecule has 4 atom stereocenters. The normalized spacial score (nSPS) is 13.9. The molecule has 3 amide bonds. The first kappa shape index (κ1) is 30.8. The fourth-order valence-electron chi connectivity index (χ4n) is 3.06. The van der Waals surface area contributed by atoms with Gasteiger partial charge in [0.25, 0.3) is 0 Å². The number of phenols is 1. The van der Waals surface area contributed by atoms with Gasteiger partial charge in [-0.3, -0.25) is 24.0 Å². The lowest BCUT2D eigenvalue weighted by atomic mass is 10.0. The Morgan fingerprint density at radius 3 is 1.68 bits per heavy atom. The van der Waals surface area contributed by atoms with Gasteiger partial charge in [0.05, 0.1) is 12.6 Å². The Bertz CT molecular complexity index is 983. The molecule has 15 nitrogen and oxygen atoms in total. The van der Waals surface area contributed by atoms with Gasteiger partial charge >= 0.3 is 17.9 Å². The summed E-state index contributed by atoms with van der Waals surface area (Å²) in [6, 6.07) is -0.0978. The molecular weight excluding hydrogens is 496 g/mol. The molecule has 1 aromatic carbocycles. The molecule has 0 spiro atoms. The second-order valence-electron chi connectivity index (χ2n) is 8.05. The van der Waals surface area contributed by atoms with Gasteiger partial charge in [0.2, 0.25) is 17.7 Å². The van der Waals surface area contributed by atoms with Crippen molar-refractivity contribution in [3.8, 4) is 5.75 Å². The van der Waals surface area contributed by atoms with Gasteiger partial charge in [-0.25, -0.2) is 4.79 Å². The van der Waals surface area contributed by atoms with E-state index in [0.717, 1.165) is 0 Å². The van der Waals surface area contributed by atoms with E-state index in [1.165, 1.54) is 24.3 Å². The van der Waals surface area contributed by atoms with Gasteiger partial charge in [-0.05, 0) is 37.0 Å². The maximum Gasteiger partial charge on any atom is 0.326 e. The van der Waals surface area contributed by atoms with E-state index in [1.54, 1.807) is 0 Å². The van der Waals surface area contributed by atoms with Crippen LogP contribution in [0.2, 0.25) is 0 Å². The number of benzene rings is 1. The van der Waals surface area contributed by atoms with Crippen molar-refractivity contribution in [1.29, 1.82) is 0 Å². The van der Waals surface area contributed by atoms with Gasteiger partial charge < -0.3 is 47.2 Å². The quantitative estimate of drug-likeness (QED) is 0.108. The average Bonchev–Trinajstić information content (AvgIpc) is 2.83. The second kappa shape index (κ2) is 15.0. The van der Waals surface area contributed by atoms with Crippen molar-refractivity contribution in [2.45, 2.75) is 56.3 Å². The molecule has 37 heavy (non-hydrogen) atoms. The molecule has 204 valence electrons. The Morgan fingerprint density at radius 2 is 1.19 bits per heavy atom. The number of carbonyl (C=O) groups is 6. The Morgan fingerprint density at radius 1 is 0.730 bits per heavy atom. The summed E-state index contributed by atoms with van der Waals surface area (Å²) in [6.07, 6.45) is -1.94. The number of aromatic hydroxyl groups is 1. The van der Waals surface area contributed by atoms with Crippen LogP contribution in [0.1, 0.15) is 31.2 Å². The average molecular weight is 526 g/mol. The number of carboxylic acids is 3. The van der Waals surface area contributed by atoms with E-state index in [0.29, 0.717) is 5.56 Å². The summed E-state index contributed by atoms with van der Waals surface area (Å²) in [5.41, 5.74) is 6.47. The van der Waals surface area contributed by atoms with Crippen LogP contribution in [0, 0.1) is 0 Å². The predicted octanol–water partition coefficient (Wildman–Crippen LogP) is -2.48. The van der Waals surface area contributed by atoms with Gasteiger partial charge in [-0.1, -0.05) is 12.1 Å². The molecule has 1 rings (SSSR count).